The number of benzene rings is 1. The summed E-state index contributed by atoms with van der Waals surface area (Å²) in [6, 6.07) is 3.72. The van der Waals surface area contributed by atoms with Crippen LogP contribution in [0.15, 0.2) is 18.3 Å². The van der Waals surface area contributed by atoms with Crippen LogP contribution in [0.5, 0.6) is 0 Å². The summed E-state index contributed by atoms with van der Waals surface area (Å²) in [5.74, 6) is 0.584. The highest BCUT2D eigenvalue weighted by atomic mass is 35.5. The van der Waals surface area contributed by atoms with E-state index in [1.807, 2.05) is 12.1 Å². The van der Waals surface area contributed by atoms with E-state index in [4.69, 9.17) is 23.2 Å². The molecule has 0 amide bonds. The zero-order valence-corrected chi connectivity index (χ0v) is 10.9. The minimum Gasteiger partial charge on any atom is -0.360 e. The molecule has 17 heavy (non-hydrogen) atoms. The maximum absolute atomic E-state index is 6.30. The van der Waals surface area contributed by atoms with Crippen LogP contribution < -0.4 is 5.32 Å². The number of H-pyrrole nitrogens is 1. The van der Waals surface area contributed by atoms with E-state index in [1.165, 1.54) is 5.56 Å². The molecule has 2 nitrogen and oxygen atoms in total. The molecule has 0 atom stereocenters. The number of nitrogens with one attached hydrogen (secondary N) is 2. The third-order valence-electron chi connectivity index (χ3n) is 3.54. The second-order valence-corrected chi connectivity index (χ2v) is 5.36. The Morgan fingerprint density at radius 3 is 2.53 bits per heavy atom. The van der Waals surface area contributed by atoms with E-state index < -0.39 is 0 Å². The molecule has 2 heterocycles. The number of hydrogen-bond acceptors (Lipinski definition) is 1. The van der Waals surface area contributed by atoms with E-state index in [0.717, 1.165) is 46.9 Å². The Balaban J connectivity index is 2.13. The van der Waals surface area contributed by atoms with Crippen LogP contribution in [0.4, 0.5) is 0 Å². The lowest BCUT2D eigenvalue weighted by atomic mass is 9.90. The smallest absolute Gasteiger partial charge is 0.0661 e. The number of fused-ring (bicyclic) bond motifs is 1. The van der Waals surface area contributed by atoms with E-state index in [-0.39, 0.29) is 0 Å². The minimum absolute atomic E-state index is 0.584. The lowest BCUT2D eigenvalue weighted by Gasteiger charge is -2.22. The SMILES string of the molecule is Clc1ccc(Cl)c2c(C3CCNCC3)c[nH]c12. The van der Waals surface area contributed by atoms with Gasteiger partial charge in [0.15, 0.2) is 0 Å². The van der Waals surface area contributed by atoms with E-state index in [2.05, 4.69) is 16.5 Å². The van der Waals surface area contributed by atoms with E-state index in [0.29, 0.717) is 5.92 Å². The van der Waals surface area contributed by atoms with Gasteiger partial charge in [-0.2, -0.15) is 0 Å². The van der Waals surface area contributed by atoms with Gasteiger partial charge in [0.2, 0.25) is 0 Å². The van der Waals surface area contributed by atoms with Crippen LogP contribution >= 0.6 is 23.2 Å². The topological polar surface area (TPSA) is 27.8 Å². The Kier molecular flexibility index (Phi) is 3.03. The van der Waals surface area contributed by atoms with Gasteiger partial charge in [-0.3, -0.25) is 0 Å². The highest BCUT2D eigenvalue weighted by Crippen LogP contribution is 2.37. The summed E-state index contributed by atoms with van der Waals surface area (Å²) >= 11 is 12.5. The molecule has 0 bridgehead atoms. The maximum atomic E-state index is 6.30. The van der Waals surface area contributed by atoms with Crippen molar-refractivity contribution in [2.45, 2.75) is 18.8 Å². The molecule has 0 aliphatic carbocycles. The largest absolute Gasteiger partial charge is 0.360 e. The highest BCUT2D eigenvalue weighted by Gasteiger charge is 2.20. The molecule has 0 saturated carbocycles. The van der Waals surface area contributed by atoms with Gasteiger partial charge in [0.05, 0.1) is 15.6 Å². The minimum atomic E-state index is 0.584. The second-order valence-electron chi connectivity index (χ2n) is 4.55. The fourth-order valence-corrected chi connectivity index (χ4v) is 3.13. The molecule has 1 fully saturated rings. The molecular weight excluding hydrogens is 255 g/mol. The molecule has 0 radical (unpaired) electrons. The molecule has 1 saturated heterocycles. The highest BCUT2D eigenvalue weighted by molar-refractivity contribution is 6.40. The van der Waals surface area contributed by atoms with Crippen molar-refractivity contribution >= 4 is 34.1 Å². The molecule has 1 aromatic carbocycles. The molecule has 1 aromatic heterocycles. The predicted octanol–water partition coefficient (Wildman–Crippen LogP) is 3.94. The average Bonchev–Trinajstić information content (AvgIpc) is 2.81. The van der Waals surface area contributed by atoms with Crippen molar-refractivity contribution in [2.75, 3.05) is 13.1 Å². The number of rotatable bonds is 1. The van der Waals surface area contributed by atoms with Crippen LogP contribution in [0.25, 0.3) is 10.9 Å². The van der Waals surface area contributed by atoms with E-state index in [1.54, 1.807) is 0 Å². The third kappa shape index (κ3) is 1.95. The Morgan fingerprint density at radius 1 is 1.06 bits per heavy atom. The van der Waals surface area contributed by atoms with Crippen LogP contribution in [0.2, 0.25) is 10.0 Å². The van der Waals surface area contributed by atoms with Crippen molar-refractivity contribution in [1.29, 1.82) is 0 Å². The standard InChI is InChI=1S/C13H14Cl2N2/c14-10-1-2-11(15)13-12(10)9(7-17-13)8-3-5-16-6-4-8/h1-2,7-8,16-17H,3-6H2. The van der Waals surface area contributed by atoms with Crippen LogP contribution in [-0.2, 0) is 0 Å². The number of piperidine rings is 1. The van der Waals surface area contributed by atoms with Crippen molar-refractivity contribution in [1.82, 2.24) is 10.3 Å². The summed E-state index contributed by atoms with van der Waals surface area (Å²) in [5, 5.41) is 6.02. The Labute approximate surface area is 110 Å². The van der Waals surface area contributed by atoms with Gasteiger partial charge in [0.25, 0.3) is 0 Å². The second kappa shape index (κ2) is 4.52. The van der Waals surface area contributed by atoms with Crippen LogP contribution in [-0.4, -0.2) is 18.1 Å². The number of aromatic nitrogens is 1. The van der Waals surface area contributed by atoms with Crippen molar-refractivity contribution < 1.29 is 0 Å². The molecule has 0 unspecified atom stereocenters. The van der Waals surface area contributed by atoms with E-state index >= 15 is 0 Å². The van der Waals surface area contributed by atoms with Gasteiger partial charge < -0.3 is 10.3 Å². The first kappa shape index (κ1) is 11.4. The lowest BCUT2D eigenvalue weighted by molar-refractivity contribution is 0.462. The summed E-state index contributed by atoms with van der Waals surface area (Å²) in [7, 11) is 0. The van der Waals surface area contributed by atoms with Gasteiger partial charge in [-0.15, -0.1) is 0 Å². The summed E-state index contributed by atoms with van der Waals surface area (Å²) in [5.41, 5.74) is 2.28. The first-order valence-electron chi connectivity index (χ1n) is 5.93. The summed E-state index contributed by atoms with van der Waals surface area (Å²) < 4.78 is 0. The fraction of sp³-hybridized carbons (Fsp3) is 0.385. The van der Waals surface area contributed by atoms with Crippen molar-refractivity contribution in [3.8, 4) is 0 Å². The molecule has 0 spiro atoms. The number of aromatic amines is 1. The molecule has 90 valence electrons. The first-order valence-corrected chi connectivity index (χ1v) is 6.68. The van der Waals surface area contributed by atoms with Gasteiger partial charge in [0.1, 0.15) is 0 Å². The van der Waals surface area contributed by atoms with Gasteiger partial charge in [-0.05, 0) is 49.5 Å². The van der Waals surface area contributed by atoms with Gasteiger partial charge in [0, 0.05) is 11.6 Å². The summed E-state index contributed by atoms with van der Waals surface area (Å²) in [4.78, 5) is 3.26. The van der Waals surface area contributed by atoms with Crippen molar-refractivity contribution in [3.05, 3.63) is 33.9 Å². The summed E-state index contributed by atoms with van der Waals surface area (Å²) in [6.45, 7) is 2.16. The Hall–Kier alpha value is -0.700. The van der Waals surface area contributed by atoms with Gasteiger partial charge in [-0.25, -0.2) is 0 Å². The number of halogens is 2. The zero-order valence-electron chi connectivity index (χ0n) is 9.39. The summed E-state index contributed by atoms with van der Waals surface area (Å²) in [6.07, 6.45) is 4.39. The molecule has 2 N–H and O–H groups in total. The third-order valence-corrected chi connectivity index (χ3v) is 4.17. The normalized spacial score (nSPS) is 17.8. The van der Waals surface area contributed by atoms with E-state index in [9.17, 15) is 0 Å². The number of hydrogen-bond donors (Lipinski definition) is 2. The average molecular weight is 269 g/mol. The molecule has 1 aliphatic rings. The van der Waals surface area contributed by atoms with Crippen molar-refractivity contribution in [3.63, 3.8) is 0 Å². The van der Waals surface area contributed by atoms with Crippen LogP contribution in [0.3, 0.4) is 0 Å². The van der Waals surface area contributed by atoms with Crippen LogP contribution in [0, 0.1) is 0 Å². The monoisotopic (exact) mass is 268 g/mol. The predicted molar refractivity (Wildman–Crippen MR) is 73.2 cm³/mol. The Bertz CT molecular complexity index is 542. The maximum Gasteiger partial charge on any atom is 0.0661 e. The first-order chi connectivity index (χ1) is 8.27. The molecule has 4 heteroatoms. The Morgan fingerprint density at radius 2 is 1.76 bits per heavy atom. The van der Waals surface area contributed by atoms with Gasteiger partial charge in [-0.1, -0.05) is 23.2 Å². The molecule has 2 aromatic rings. The van der Waals surface area contributed by atoms with Gasteiger partial charge >= 0.3 is 0 Å². The lowest BCUT2D eigenvalue weighted by Crippen LogP contribution is -2.26. The molecule has 3 rings (SSSR count). The fourth-order valence-electron chi connectivity index (χ4n) is 2.65. The quantitative estimate of drug-likeness (QED) is 0.806. The molecule has 1 aliphatic heterocycles. The zero-order chi connectivity index (χ0) is 11.8. The van der Waals surface area contributed by atoms with Crippen molar-refractivity contribution in [2.24, 2.45) is 0 Å². The van der Waals surface area contributed by atoms with Crippen LogP contribution in [0.1, 0.15) is 24.3 Å². The molecular formula is C13H14Cl2N2.